The summed E-state index contributed by atoms with van der Waals surface area (Å²) in [6, 6.07) is 13.7. The van der Waals surface area contributed by atoms with Crippen molar-refractivity contribution in [1.29, 1.82) is 0 Å². The molecule has 1 N–H and O–H groups in total. The predicted octanol–water partition coefficient (Wildman–Crippen LogP) is 4.50. The first-order valence-electron chi connectivity index (χ1n) is 11.8. The molecule has 1 aromatic carbocycles. The van der Waals surface area contributed by atoms with Crippen molar-refractivity contribution in [3.63, 3.8) is 0 Å². The summed E-state index contributed by atoms with van der Waals surface area (Å²) in [4.78, 5) is 12.5. The molecule has 5 heterocycles. The van der Waals surface area contributed by atoms with Gasteiger partial charge in [-0.25, -0.2) is 4.79 Å². The zero-order valence-corrected chi connectivity index (χ0v) is 20.4. The number of para-hydroxylation sites is 1. The Kier molecular flexibility index (Phi) is 6.74. The van der Waals surface area contributed by atoms with E-state index in [0.717, 1.165) is 62.1 Å². The van der Waals surface area contributed by atoms with Crippen molar-refractivity contribution < 1.29 is 23.9 Å². The van der Waals surface area contributed by atoms with Crippen LogP contribution in [0.5, 0.6) is 5.75 Å². The van der Waals surface area contributed by atoms with Crippen LogP contribution in [0.3, 0.4) is 0 Å². The summed E-state index contributed by atoms with van der Waals surface area (Å²) < 4.78 is 13.0. The summed E-state index contributed by atoms with van der Waals surface area (Å²) in [5.41, 5.74) is 0. The van der Waals surface area contributed by atoms with Gasteiger partial charge in [0.1, 0.15) is 12.3 Å². The highest BCUT2D eigenvalue weighted by molar-refractivity contribution is 8.19. The normalized spacial score (nSPS) is 29.9. The Labute approximate surface area is 202 Å². The van der Waals surface area contributed by atoms with Crippen LogP contribution in [0.25, 0.3) is 0 Å². The van der Waals surface area contributed by atoms with Gasteiger partial charge in [-0.05, 0) is 40.8 Å². The third kappa shape index (κ3) is 4.69. The van der Waals surface area contributed by atoms with Crippen LogP contribution in [0, 0.1) is 5.92 Å². The van der Waals surface area contributed by atoms with Gasteiger partial charge in [0.25, 0.3) is 0 Å². The second-order valence-electron chi connectivity index (χ2n) is 9.26. The van der Waals surface area contributed by atoms with E-state index < -0.39 is 21.4 Å². The standard InChI is InChI=1S/C26H32NO4S2/c28-25(26(29,24-10-6-17-32-24)33-18-4-5-19-33)31-23-20-27(14-11-21(23)12-15-27)13-7-16-30-22-8-2-1-3-9-22/h1-4,6,8-10,17-19,21,23,29H,5,7,11-16,20H2/q+1. The molecule has 7 heteroatoms. The molecule has 0 radical (unpaired) electrons. The molecule has 0 aliphatic carbocycles. The van der Waals surface area contributed by atoms with E-state index >= 15 is 0 Å². The number of thiophene rings is 1. The van der Waals surface area contributed by atoms with Gasteiger partial charge in [-0.2, -0.15) is 0 Å². The molecule has 1 aromatic heterocycles. The topological polar surface area (TPSA) is 55.8 Å². The lowest BCUT2D eigenvalue weighted by Gasteiger charge is -2.52. The minimum absolute atomic E-state index is 0.128. The fourth-order valence-corrected chi connectivity index (χ4v) is 8.23. The first-order valence-corrected chi connectivity index (χ1v) is 14.0. The summed E-state index contributed by atoms with van der Waals surface area (Å²) in [5.74, 6) is 0.821. The van der Waals surface area contributed by atoms with Gasteiger partial charge in [-0.1, -0.05) is 30.3 Å². The van der Waals surface area contributed by atoms with E-state index in [4.69, 9.17) is 9.47 Å². The fraction of sp³-hybridized carbons (Fsp3) is 0.462. The molecule has 0 amide bonds. The Morgan fingerprint density at radius 1 is 1.18 bits per heavy atom. The molecule has 3 saturated heterocycles. The number of esters is 1. The lowest BCUT2D eigenvalue weighted by atomic mass is 9.83. The summed E-state index contributed by atoms with van der Waals surface area (Å²) in [5, 5.41) is 17.5. The number of carbonyl (C=O) groups is 1. The van der Waals surface area contributed by atoms with E-state index in [0.29, 0.717) is 17.4 Å². The van der Waals surface area contributed by atoms with Crippen LogP contribution in [-0.2, 0) is 14.5 Å². The minimum atomic E-state index is -1.61. The molecule has 4 aliphatic rings. The van der Waals surface area contributed by atoms with Gasteiger partial charge >= 0.3 is 5.97 Å². The van der Waals surface area contributed by atoms with Gasteiger partial charge in [-0.3, -0.25) is 0 Å². The maximum Gasteiger partial charge on any atom is 0.355 e. The minimum Gasteiger partial charge on any atom is -0.493 e. The van der Waals surface area contributed by atoms with Gasteiger partial charge in [0, 0.05) is 25.2 Å². The smallest absolute Gasteiger partial charge is 0.355 e. The fourth-order valence-electron chi connectivity index (χ4n) is 5.37. The van der Waals surface area contributed by atoms with E-state index in [-0.39, 0.29) is 6.10 Å². The van der Waals surface area contributed by atoms with Crippen molar-refractivity contribution in [3.05, 3.63) is 64.2 Å². The second kappa shape index (κ2) is 9.74. The molecule has 2 bridgehead atoms. The van der Waals surface area contributed by atoms with E-state index in [1.54, 1.807) is 0 Å². The number of aliphatic hydroxyl groups is 1. The third-order valence-electron chi connectivity index (χ3n) is 7.22. The van der Waals surface area contributed by atoms with Crippen LogP contribution in [-0.4, -0.2) is 59.8 Å². The molecule has 0 spiro atoms. The highest BCUT2D eigenvalue weighted by Gasteiger charge is 2.51. The molecule has 5 nitrogen and oxygen atoms in total. The monoisotopic (exact) mass is 486 g/mol. The second-order valence-corrected chi connectivity index (χ2v) is 12.1. The number of allylic oxidation sites excluding steroid dienone is 1. The summed E-state index contributed by atoms with van der Waals surface area (Å²) in [6.45, 7) is 4.85. The van der Waals surface area contributed by atoms with E-state index in [9.17, 15) is 9.90 Å². The molecule has 33 heavy (non-hydrogen) atoms. The molecule has 176 valence electrons. The number of rotatable bonds is 9. The molecular formula is C26H32NO4S2+. The van der Waals surface area contributed by atoms with Crippen molar-refractivity contribution in [2.24, 2.45) is 5.92 Å². The molecule has 3 unspecified atom stereocenters. The molecular weight excluding hydrogens is 454 g/mol. The van der Waals surface area contributed by atoms with Crippen molar-refractivity contribution in [2.45, 2.75) is 36.7 Å². The SMILES string of the molecule is O=C(OC1C[N+]2(CCCOc3ccccc3)CCC1CC2)C(O)(c1cccs1)S1=CCC=C1. The van der Waals surface area contributed by atoms with Crippen LogP contribution < -0.4 is 4.74 Å². The lowest BCUT2D eigenvalue weighted by Crippen LogP contribution is -2.65. The van der Waals surface area contributed by atoms with Gasteiger partial charge in [0.15, 0.2) is 6.10 Å². The third-order valence-corrected chi connectivity index (χ3v) is 10.4. The van der Waals surface area contributed by atoms with Crippen LogP contribution in [0.2, 0.25) is 0 Å². The maximum absolute atomic E-state index is 13.5. The largest absolute Gasteiger partial charge is 0.493 e. The summed E-state index contributed by atoms with van der Waals surface area (Å²) in [6.07, 6.45) is 5.79. The number of fused-ring (bicyclic) bond motifs is 3. The molecule has 6 rings (SSSR count). The molecule has 3 fully saturated rings. The maximum atomic E-state index is 13.5. The number of piperidine rings is 3. The molecule has 4 aliphatic heterocycles. The van der Waals surface area contributed by atoms with Gasteiger partial charge < -0.3 is 19.1 Å². The zero-order valence-electron chi connectivity index (χ0n) is 18.8. The molecule has 2 aromatic rings. The number of ether oxygens (including phenoxy) is 2. The Hall–Kier alpha value is -1.93. The van der Waals surface area contributed by atoms with E-state index in [1.165, 1.54) is 11.3 Å². The molecule has 3 atom stereocenters. The van der Waals surface area contributed by atoms with Crippen molar-refractivity contribution in [2.75, 3.05) is 32.8 Å². The Bertz CT molecular complexity index is 1010. The van der Waals surface area contributed by atoms with Crippen molar-refractivity contribution in [3.8, 4) is 5.75 Å². The number of nitrogens with zero attached hydrogens (tertiary/aromatic N) is 1. The Morgan fingerprint density at radius 2 is 2.00 bits per heavy atom. The van der Waals surface area contributed by atoms with Crippen LogP contribution >= 0.6 is 21.8 Å². The van der Waals surface area contributed by atoms with Crippen LogP contribution in [0.1, 0.15) is 30.6 Å². The Morgan fingerprint density at radius 3 is 2.70 bits per heavy atom. The van der Waals surface area contributed by atoms with Crippen LogP contribution in [0.15, 0.2) is 59.3 Å². The highest BCUT2D eigenvalue weighted by atomic mass is 32.2. The summed E-state index contributed by atoms with van der Waals surface area (Å²) >= 11 is 1.42. The first kappa shape index (κ1) is 22.8. The zero-order chi connectivity index (χ0) is 22.7. The highest BCUT2D eigenvalue weighted by Crippen LogP contribution is 2.46. The van der Waals surface area contributed by atoms with Gasteiger partial charge in [0.05, 0.1) is 31.1 Å². The number of hydrogen-bond donors (Lipinski definition) is 1. The van der Waals surface area contributed by atoms with Crippen LogP contribution in [0.4, 0.5) is 0 Å². The van der Waals surface area contributed by atoms with E-state index in [2.05, 4.69) is 0 Å². The first-order chi connectivity index (χ1) is 16.1. The quantitative estimate of drug-likeness (QED) is 0.245. The summed E-state index contributed by atoms with van der Waals surface area (Å²) in [7, 11) is -0.667. The number of benzene rings is 1. The van der Waals surface area contributed by atoms with Gasteiger partial charge in [-0.15, -0.1) is 21.8 Å². The average Bonchev–Trinajstić information content (AvgIpc) is 3.58. The van der Waals surface area contributed by atoms with Crippen molar-refractivity contribution >= 4 is 33.2 Å². The number of hydrogen-bond acceptors (Lipinski definition) is 5. The Balaban J connectivity index is 1.23. The lowest BCUT2D eigenvalue weighted by molar-refractivity contribution is -0.946. The van der Waals surface area contributed by atoms with E-state index in [1.807, 2.05) is 64.7 Å². The number of carbonyl (C=O) groups excluding carboxylic acids is 1. The average molecular weight is 487 g/mol. The predicted molar refractivity (Wildman–Crippen MR) is 135 cm³/mol. The van der Waals surface area contributed by atoms with Gasteiger partial charge in [0.2, 0.25) is 4.93 Å². The number of quaternary nitrogens is 1. The molecule has 0 saturated carbocycles. The van der Waals surface area contributed by atoms with Crippen molar-refractivity contribution in [1.82, 2.24) is 0 Å².